The Balaban J connectivity index is 1.30. The minimum atomic E-state index is -0.497. The van der Waals surface area contributed by atoms with Crippen molar-refractivity contribution >= 4 is 0 Å². The van der Waals surface area contributed by atoms with Crippen molar-refractivity contribution in [2.75, 3.05) is 0 Å². The molecule has 10 rings (SSSR count). The lowest BCUT2D eigenvalue weighted by atomic mass is 9.55. The molecule has 0 atom stereocenters. The normalized spacial score (nSPS) is 14.3. The van der Waals surface area contributed by atoms with E-state index < -0.39 is 5.41 Å². The summed E-state index contributed by atoms with van der Waals surface area (Å²) in [5.74, 6) is 1.98. The molecule has 2 aliphatic carbocycles. The fourth-order valence-corrected chi connectivity index (χ4v) is 9.06. The van der Waals surface area contributed by atoms with E-state index in [1.165, 1.54) is 44.5 Å². The molecule has 8 aromatic rings. The Morgan fingerprint density at radius 3 is 1.37 bits per heavy atom. The second kappa shape index (κ2) is 11.5. The van der Waals surface area contributed by atoms with Gasteiger partial charge in [0.1, 0.15) is 0 Å². The van der Waals surface area contributed by atoms with Crippen LogP contribution in [-0.2, 0) is 10.8 Å². The van der Waals surface area contributed by atoms with Crippen molar-refractivity contribution in [2.24, 2.45) is 0 Å². The van der Waals surface area contributed by atoms with Gasteiger partial charge in [0, 0.05) is 22.1 Å². The van der Waals surface area contributed by atoms with E-state index in [-0.39, 0.29) is 5.41 Å². The summed E-state index contributed by atoms with van der Waals surface area (Å²) in [6.07, 6.45) is 0. The van der Waals surface area contributed by atoms with Crippen molar-refractivity contribution in [1.29, 1.82) is 0 Å². The standard InChI is InChI=1S/C49H35N3/c1-48(2)41-29-15-16-30-42(41)49(39-27-13-11-23-35(39)36-24-12-14-28-40(36)49)43-31-17-26-38(44(43)48)47-51-45(33-20-7-4-8-21-33)50-46(52-47)37-25-10-9-22-34(37)32-18-5-3-6-19-32/h3-31H,1-2H3. The van der Waals surface area contributed by atoms with E-state index in [2.05, 4.69) is 166 Å². The van der Waals surface area contributed by atoms with Gasteiger partial charge in [-0.25, -0.2) is 15.0 Å². The second-order valence-electron chi connectivity index (χ2n) is 14.3. The fraction of sp³-hybridized carbons (Fsp3) is 0.0816. The molecule has 1 heterocycles. The number of hydrogen-bond donors (Lipinski definition) is 0. The van der Waals surface area contributed by atoms with Crippen molar-refractivity contribution in [3.8, 4) is 56.4 Å². The highest BCUT2D eigenvalue weighted by molar-refractivity contribution is 5.90. The summed E-state index contributed by atoms with van der Waals surface area (Å²) in [6.45, 7) is 4.72. The highest BCUT2D eigenvalue weighted by Gasteiger charge is 2.54. The van der Waals surface area contributed by atoms with Gasteiger partial charge in [-0.15, -0.1) is 0 Å². The maximum Gasteiger partial charge on any atom is 0.164 e. The summed E-state index contributed by atoms with van der Waals surface area (Å²) >= 11 is 0. The molecule has 2 aliphatic rings. The van der Waals surface area contributed by atoms with E-state index in [9.17, 15) is 0 Å². The third-order valence-corrected chi connectivity index (χ3v) is 11.2. The molecular weight excluding hydrogens is 631 g/mol. The SMILES string of the molecule is CC1(C)c2ccccc2C2(c3ccccc3-c3ccccc32)c2cccc(-c3nc(-c4ccccc4)nc(-c4ccccc4-c4ccccc4)n3)c21. The molecule has 0 amide bonds. The predicted octanol–water partition coefficient (Wildman–Crippen LogP) is 11.5. The van der Waals surface area contributed by atoms with Crippen molar-refractivity contribution < 1.29 is 0 Å². The quantitative estimate of drug-likeness (QED) is 0.188. The molecule has 7 aromatic carbocycles. The molecule has 0 radical (unpaired) electrons. The lowest BCUT2D eigenvalue weighted by molar-refractivity contribution is 0.564. The van der Waals surface area contributed by atoms with E-state index in [4.69, 9.17) is 15.0 Å². The fourth-order valence-electron chi connectivity index (χ4n) is 9.06. The summed E-state index contributed by atoms with van der Waals surface area (Å²) in [5.41, 5.74) is 14.7. The summed E-state index contributed by atoms with van der Waals surface area (Å²) in [6, 6.07) is 62.9. The Bertz CT molecular complexity index is 2610. The zero-order chi connectivity index (χ0) is 34.9. The Hall–Kier alpha value is -6.45. The third kappa shape index (κ3) is 4.29. The molecular formula is C49H35N3. The molecule has 0 fully saturated rings. The highest BCUT2D eigenvalue weighted by Crippen LogP contribution is 2.63. The third-order valence-electron chi connectivity index (χ3n) is 11.2. The van der Waals surface area contributed by atoms with Crippen molar-refractivity contribution in [1.82, 2.24) is 15.0 Å². The summed E-state index contributed by atoms with van der Waals surface area (Å²) in [7, 11) is 0. The van der Waals surface area contributed by atoms with Crippen LogP contribution in [-0.4, -0.2) is 15.0 Å². The molecule has 0 saturated carbocycles. The highest BCUT2D eigenvalue weighted by atomic mass is 15.0. The zero-order valence-corrected chi connectivity index (χ0v) is 29.1. The molecule has 1 spiro atoms. The van der Waals surface area contributed by atoms with Crippen LogP contribution in [0.4, 0.5) is 0 Å². The molecule has 0 bridgehead atoms. The summed E-state index contributed by atoms with van der Waals surface area (Å²) in [5, 5.41) is 0. The van der Waals surface area contributed by atoms with Gasteiger partial charge < -0.3 is 0 Å². The van der Waals surface area contributed by atoms with Gasteiger partial charge in [0.05, 0.1) is 5.41 Å². The number of aromatic nitrogens is 3. The Labute approximate surface area is 304 Å². The largest absolute Gasteiger partial charge is 0.208 e. The van der Waals surface area contributed by atoms with E-state index in [1.807, 2.05) is 24.3 Å². The molecule has 0 saturated heterocycles. The first kappa shape index (κ1) is 30.4. The number of benzene rings is 7. The van der Waals surface area contributed by atoms with Crippen LogP contribution in [0.15, 0.2) is 176 Å². The molecule has 3 heteroatoms. The number of rotatable bonds is 4. The monoisotopic (exact) mass is 665 g/mol. The van der Waals surface area contributed by atoms with E-state index in [1.54, 1.807) is 0 Å². The van der Waals surface area contributed by atoms with Gasteiger partial charge in [0.2, 0.25) is 0 Å². The number of nitrogens with zero attached hydrogens (tertiary/aromatic N) is 3. The summed E-state index contributed by atoms with van der Waals surface area (Å²) in [4.78, 5) is 15.9. The molecule has 0 aliphatic heterocycles. The van der Waals surface area contributed by atoms with Gasteiger partial charge in [-0.3, -0.25) is 0 Å². The molecule has 0 unspecified atom stereocenters. The van der Waals surface area contributed by atoms with Crippen molar-refractivity contribution in [3.63, 3.8) is 0 Å². The topological polar surface area (TPSA) is 38.7 Å². The smallest absolute Gasteiger partial charge is 0.164 e. The Morgan fingerprint density at radius 1 is 0.308 bits per heavy atom. The number of fused-ring (bicyclic) bond motifs is 9. The first-order valence-electron chi connectivity index (χ1n) is 18.0. The van der Waals surface area contributed by atoms with Crippen LogP contribution in [0.25, 0.3) is 56.4 Å². The van der Waals surface area contributed by atoms with Crippen LogP contribution >= 0.6 is 0 Å². The minimum Gasteiger partial charge on any atom is -0.208 e. The van der Waals surface area contributed by atoms with Crippen LogP contribution in [0.3, 0.4) is 0 Å². The van der Waals surface area contributed by atoms with Gasteiger partial charge in [-0.2, -0.15) is 0 Å². The van der Waals surface area contributed by atoms with E-state index in [0.29, 0.717) is 17.5 Å². The van der Waals surface area contributed by atoms with Gasteiger partial charge in [0.15, 0.2) is 17.5 Å². The lowest BCUT2D eigenvalue weighted by Gasteiger charge is -2.47. The van der Waals surface area contributed by atoms with Crippen LogP contribution in [0.2, 0.25) is 0 Å². The molecule has 1 aromatic heterocycles. The zero-order valence-electron chi connectivity index (χ0n) is 29.1. The van der Waals surface area contributed by atoms with Crippen LogP contribution in [0, 0.1) is 0 Å². The first-order chi connectivity index (χ1) is 25.6. The Morgan fingerprint density at radius 2 is 0.731 bits per heavy atom. The predicted molar refractivity (Wildman–Crippen MR) is 211 cm³/mol. The number of hydrogen-bond acceptors (Lipinski definition) is 3. The average molecular weight is 666 g/mol. The molecule has 52 heavy (non-hydrogen) atoms. The molecule has 3 nitrogen and oxygen atoms in total. The Kier molecular flexibility index (Phi) is 6.74. The van der Waals surface area contributed by atoms with Crippen molar-refractivity contribution in [3.05, 3.63) is 209 Å². The van der Waals surface area contributed by atoms with Crippen LogP contribution in [0.1, 0.15) is 47.2 Å². The first-order valence-corrected chi connectivity index (χ1v) is 18.0. The van der Waals surface area contributed by atoms with Crippen LogP contribution in [0.5, 0.6) is 0 Å². The second-order valence-corrected chi connectivity index (χ2v) is 14.3. The van der Waals surface area contributed by atoms with Gasteiger partial charge in [0.25, 0.3) is 0 Å². The molecule has 0 N–H and O–H groups in total. The average Bonchev–Trinajstić information content (AvgIpc) is 3.51. The lowest BCUT2D eigenvalue weighted by Crippen LogP contribution is -2.41. The van der Waals surface area contributed by atoms with Gasteiger partial charge in [-0.05, 0) is 55.6 Å². The van der Waals surface area contributed by atoms with Crippen LogP contribution < -0.4 is 0 Å². The molecule has 246 valence electrons. The maximum absolute atomic E-state index is 5.40. The van der Waals surface area contributed by atoms with Crippen molar-refractivity contribution in [2.45, 2.75) is 24.7 Å². The van der Waals surface area contributed by atoms with Gasteiger partial charge in [-0.1, -0.05) is 190 Å². The van der Waals surface area contributed by atoms with Gasteiger partial charge >= 0.3 is 0 Å². The minimum absolute atomic E-state index is 0.359. The van der Waals surface area contributed by atoms with E-state index in [0.717, 1.165) is 27.8 Å². The maximum atomic E-state index is 5.40. The summed E-state index contributed by atoms with van der Waals surface area (Å²) < 4.78 is 0. The van der Waals surface area contributed by atoms with E-state index >= 15 is 0 Å².